The molecular formula is C17H21FN4O. The highest BCUT2D eigenvalue weighted by atomic mass is 19.1. The molecule has 1 aromatic heterocycles. The van der Waals surface area contributed by atoms with Gasteiger partial charge in [-0.25, -0.2) is 4.39 Å². The van der Waals surface area contributed by atoms with Gasteiger partial charge in [-0.3, -0.25) is 9.89 Å². The number of carbonyl (C=O) groups is 1. The van der Waals surface area contributed by atoms with Crippen LogP contribution in [0.15, 0.2) is 30.5 Å². The lowest BCUT2D eigenvalue weighted by molar-refractivity contribution is 0.0923. The molecule has 122 valence electrons. The summed E-state index contributed by atoms with van der Waals surface area (Å²) >= 11 is 0. The molecule has 0 atom stereocenters. The van der Waals surface area contributed by atoms with Crippen molar-refractivity contribution in [2.45, 2.75) is 19.8 Å². The summed E-state index contributed by atoms with van der Waals surface area (Å²) in [5.74, 6) is -0.604. The van der Waals surface area contributed by atoms with E-state index in [0.29, 0.717) is 23.4 Å². The minimum absolute atomic E-state index is 0.100. The van der Waals surface area contributed by atoms with E-state index in [4.69, 9.17) is 0 Å². The van der Waals surface area contributed by atoms with Gasteiger partial charge in [0.1, 0.15) is 5.82 Å². The smallest absolute Gasteiger partial charge is 0.255 e. The molecule has 0 unspecified atom stereocenters. The molecule has 3 N–H and O–H groups in total. The molecule has 23 heavy (non-hydrogen) atoms. The average molecular weight is 316 g/mol. The molecule has 0 radical (unpaired) electrons. The second-order valence-electron chi connectivity index (χ2n) is 6.38. The minimum Gasteiger partial charge on any atom is -0.351 e. The monoisotopic (exact) mass is 316 g/mol. The van der Waals surface area contributed by atoms with E-state index in [0.717, 1.165) is 25.9 Å². The number of aromatic nitrogens is 2. The molecule has 1 aromatic carbocycles. The van der Waals surface area contributed by atoms with Crippen molar-refractivity contribution >= 4 is 5.91 Å². The number of amides is 1. The highest BCUT2D eigenvalue weighted by Crippen LogP contribution is 2.27. The number of halogens is 1. The lowest BCUT2D eigenvalue weighted by Crippen LogP contribution is -2.42. The van der Waals surface area contributed by atoms with Crippen molar-refractivity contribution < 1.29 is 9.18 Å². The first kappa shape index (κ1) is 15.7. The number of carbonyl (C=O) groups excluding carboxylic acids is 1. The summed E-state index contributed by atoms with van der Waals surface area (Å²) in [6.07, 6.45) is 3.50. The summed E-state index contributed by atoms with van der Waals surface area (Å²) in [7, 11) is 0. The van der Waals surface area contributed by atoms with Gasteiger partial charge in [-0.15, -0.1) is 0 Å². The van der Waals surface area contributed by atoms with Gasteiger partial charge < -0.3 is 10.6 Å². The lowest BCUT2D eigenvalue weighted by Gasteiger charge is -2.34. The topological polar surface area (TPSA) is 69.8 Å². The summed E-state index contributed by atoms with van der Waals surface area (Å²) in [6.45, 7) is 4.73. The summed E-state index contributed by atoms with van der Waals surface area (Å²) in [5.41, 5.74) is 1.23. The van der Waals surface area contributed by atoms with E-state index in [1.54, 1.807) is 18.2 Å². The summed E-state index contributed by atoms with van der Waals surface area (Å²) < 4.78 is 13.9. The SMILES string of the molecule is CC1(CNC(=O)c2cn[nH]c2-c2ccccc2F)CCNCC1. The number of aromatic amines is 1. The Morgan fingerprint density at radius 2 is 2.09 bits per heavy atom. The number of benzene rings is 1. The van der Waals surface area contributed by atoms with Crippen LogP contribution in [-0.2, 0) is 0 Å². The minimum atomic E-state index is -0.379. The highest BCUT2D eigenvalue weighted by Gasteiger charge is 2.28. The fraction of sp³-hybridized carbons (Fsp3) is 0.412. The van der Waals surface area contributed by atoms with E-state index < -0.39 is 0 Å². The van der Waals surface area contributed by atoms with Gasteiger partial charge >= 0.3 is 0 Å². The van der Waals surface area contributed by atoms with E-state index in [9.17, 15) is 9.18 Å². The molecule has 1 fully saturated rings. The fourth-order valence-corrected chi connectivity index (χ4v) is 2.92. The Labute approximate surface area is 134 Å². The van der Waals surface area contributed by atoms with Crippen molar-refractivity contribution in [1.29, 1.82) is 0 Å². The van der Waals surface area contributed by atoms with Crippen LogP contribution in [-0.4, -0.2) is 35.7 Å². The van der Waals surface area contributed by atoms with Crippen molar-refractivity contribution in [2.24, 2.45) is 5.41 Å². The molecule has 1 saturated heterocycles. The Balaban J connectivity index is 1.74. The zero-order valence-electron chi connectivity index (χ0n) is 13.2. The standard InChI is InChI=1S/C17H21FN4O/c1-17(6-8-19-9-7-17)11-20-16(23)13-10-21-22-15(13)12-4-2-3-5-14(12)18/h2-5,10,19H,6-9,11H2,1H3,(H,20,23)(H,21,22). The summed E-state index contributed by atoms with van der Waals surface area (Å²) in [4.78, 5) is 12.5. The van der Waals surface area contributed by atoms with E-state index in [1.807, 2.05) is 0 Å². The van der Waals surface area contributed by atoms with Crippen LogP contribution in [0.4, 0.5) is 4.39 Å². The van der Waals surface area contributed by atoms with E-state index >= 15 is 0 Å². The van der Waals surface area contributed by atoms with E-state index in [2.05, 4.69) is 27.8 Å². The number of nitrogens with zero attached hydrogens (tertiary/aromatic N) is 1. The molecule has 5 nitrogen and oxygen atoms in total. The van der Waals surface area contributed by atoms with Crippen molar-refractivity contribution in [3.05, 3.63) is 41.8 Å². The second kappa shape index (κ2) is 6.50. The normalized spacial score (nSPS) is 17.0. The number of H-pyrrole nitrogens is 1. The molecular weight excluding hydrogens is 295 g/mol. The van der Waals surface area contributed by atoms with Gasteiger partial charge in [0.15, 0.2) is 0 Å². The molecule has 2 aromatic rings. The number of hydrogen-bond donors (Lipinski definition) is 3. The van der Waals surface area contributed by atoms with Crippen LogP contribution in [0.3, 0.4) is 0 Å². The third-order valence-corrected chi connectivity index (χ3v) is 4.51. The van der Waals surface area contributed by atoms with Gasteiger partial charge in [0.25, 0.3) is 5.91 Å². The molecule has 3 rings (SSSR count). The van der Waals surface area contributed by atoms with Crippen LogP contribution in [0.25, 0.3) is 11.3 Å². The summed E-state index contributed by atoms with van der Waals surface area (Å²) in [6, 6.07) is 6.35. The average Bonchev–Trinajstić information content (AvgIpc) is 3.03. The first-order valence-electron chi connectivity index (χ1n) is 7.86. The molecule has 2 heterocycles. The first-order chi connectivity index (χ1) is 11.1. The lowest BCUT2D eigenvalue weighted by atomic mass is 9.81. The molecule has 1 amide bonds. The van der Waals surface area contributed by atoms with Gasteiger partial charge in [-0.05, 0) is 43.5 Å². The van der Waals surface area contributed by atoms with E-state index in [-0.39, 0.29) is 17.1 Å². The summed E-state index contributed by atoms with van der Waals surface area (Å²) in [5, 5.41) is 12.9. The highest BCUT2D eigenvalue weighted by molar-refractivity contribution is 5.99. The molecule has 0 bridgehead atoms. The predicted octanol–water partition coefficient (Wildman–Crippen LogP) is 2.34. The number of hydrogen-bond acceptors (Lipinski definition) is 3. The van der Waals surface area contributed by atoms with Crippen molar-refractivity contribution in [3.63, 3.8) is 0 Å². The quantitative estimate of drug-likeness (QED) is 0.811. The van der Waals surface area contributed by atoms with Crippen molar-refractivity contribution in [1.82, 2.24) is 20.8 Å². The Kier molecular flexibility index (Phi) is 4.43. The first-order valence-corrected chi connectivity index (χ1v) is 7.86. The maximum Gasteiger partial charge on any atom is 0.255 e. The van der Waals surface area contributed by atoms with Crippen LogP contribution in [0.5, 0.6) is 0 Å². The molecule has 0 spiro atoms. The van der Waals surface area contributed by atoms with Gasteiger partial charge in [-0.1, -0.05) is 19.1 Å². The Hall–Kier alpha value is -2.21. The molecule has 0 saturated carbocycles. The zero-order valence-corrected chi connectivity index (χ0v) is 13.2. The molecule has 0 aliphatic carbocycles. The maximum absolute atomic E-state index is 13.9. The van der Waals surface area contributed by atoms with Gasteiger partial charge in [0.2, 0.25) is 0 Å². The van der Waals surface area contributed by atoms with Gasteiger partial charge in [0, 0.05) is 12.1 Å². The van der Waals surface area contributed by atoms with Crippen LogP contribution >= 0.6 is 0 Å². The molecule has 1 aliphatic rings. The van der Waals surface area contributed by atoms with Gasteiger partial charge in [0.05, 0.1) is 17.5 Å². The largest absolute Gasteiger partial charge is 0.351 e. The van der Waals surface area contributed by atoms with E-state index in [1.165, 1.54) is 12.3 Å². The molecule has 1 aliphatic heterocycles. The number of rotatable bonds is 4. The zero-order chi connectivity index (χ0) is 16.3. The maximum atomic E-state index is 13.9. The van der Waals surface area contributed by atoms with Gasteiger partial charge in [-0.2, -0.15) is 5.10 Å². The van der Waals surface area contributed by atoms with Crippen molar-refractivity contribution in [3.8, 4) is 11.3 Å². The van der Waals surface area contributed by atoms with Crippen LogP contribution in [0.2, 0.25) is 0 Å². The van der Waals surface area contributed by atoms with Crippen LogP contribution in [0.1, 0.15) is 30.1 Å². The second-order valence-corrected chi connectivity index (χ2v) is 6.38. The number of nitrogens with one attached hydrogen (secondary N) is 3. The number of piperidine rings is 1. The Bertz CT molecular complexity index is 691. The van der Waals surface area contributed by atoms with Crippen molar-refractivity contribution in [2.75, 3.05) is 19.6 Å². The third kappa shape index (κ3) is 3.42. The fourth-order valence-electron chi connectivity index (χ4n) is 2.92. The third-order valence-electron chi connectivity index (χ3n) is 4.51. The Morgan fingerprint density at radius 1 is 1.35 bits per heavy atom. The predicted molar refractivity (Wildman–Crippen MR) is 86.5 cm³/mol. The Morgan fingerprint density at radius 3 is 2.83 bits per heavy atom. The van der Waals surface area contributed by atoms with Crippen LogP contribution < -0.4 is 10.6 Å². The van der Waals surface area contributed by atoms with Crippen LogP contribution in [0, 0.1) is 11.2 Å². The molecule has 6 heteroatoms.